The summed E-state index contributed by atoms with van der Waals surface area (Å²) in [6, 6.07) is 7.77. The average Bonchev–Trinajstić information content (AvgIpc) is 3.27. The van der Waals surface area contributed by atoms with Gasteiger partial charge in [-0.1, -0.05) is 23.8 Å². The first-order chi connectivity index (χ1) is 15.1. The molecule has 1 aromatic heterocycles. The first-order valence-corrected chi connectivity index (χ1v) is 11.7. The van der Waals surface area contributed by atoms with Crippen molar-refractivity contribution >= 4 is 26.5 Å². The molecular formula is C20H16F5N3O2S2. The predicted octanol–water partition coefficient (Wildman–Crippen LogP) is 4.32. The lowest BCUT2D eigenvalue weighted by molar-refractivity contribution is 0.344. The maximum absolute atomic E-state index is 14.0. The summed E-state index contributed by atoms with van der Waals surface area (Å²) in [6.45, 7) is 1.81. The van der Waals surface area contributed by atoms with Gasteiger partial charge in [0, 0.05) is 37.1 Å². The highest BCUT2D eigenvalue weighted by Gasteiger charge is 2.38. The van der Waals surface area contributed by atoms with Crippen LogP contribution in [0.5, 0.6) is 0 Å². The van der Waals surface area contributed by atoms with Gasteiger partial charge in [-0.3, -0.25) is 0 Å². The minimum absolute atomic E-state index is 0.134. The molecule has 0 N–H and O–H groups in total. The first-order valence-electron chi connectivity index (χ1n) is 9.40. The van der Waals surface area contributed by atoms with E-state index in [0.717, 1.165) is 16.8 Å². The number of benzene rings is 2. The molecule has 32 heavy (non-hydrogen) atoms. The van der Waals surface area contributed by atoms with Crippen LogP contribution in [-0.4, -0.2) is 43.9 Å². The summed E-state index contributed by atoms with van der Waals surface area (Å²) in [4.78, 5) is 4.53. The van der Waals surface area contributed by atoms with Crippen molar-refractivity contribution in [2.75, 3.05) is 31.1 Å². The second-order valence-corrected chi connectivity index (χ2v) is 9.89. The molecule has 0 bridgehead atoms. The van der Waals surface area contributed by atoms with E-state index in [1.54, 1.807) is 4.90 Å². The van der Waals surface area contributed by atoms with Crippen LogP contribution in [0.3, 0.4) is 0 Å². The molecule has 4 rings (SSSR count). The van der Waals surface area contributed by atoms with Gasteiger partial charge in [0.15, 0.2) is 33.3 Å². The van der Waals surface area contributed by atoms with Gasteiger partial charge in [0.1, 0.15) is 0 Å². The van der Waals surface area contributed by atoms with E-state index in [0.29, 0.717) is 9.44 Å². The van der Waals surface area contributed by atoms with Crippen molar-refractivity contribution in [1.29, 1.82) is 0 Å². The topological polar surface area (TPSA) is 53.5 Å². The molecule has 3 aromatic rings. The zero-order chi connectivity index (χ0) is 23.2. The Morgan fingerprint density at radius 2 is 1.50 bits per heavy atom. The number of rotatable bonds is 4. The normalized spacial score (nSPS) is 15.4. The van der Waals surface area contributed by atoms with Crippen LogP contribution in [0, 0.1) is 36.0 Å². The molecule has 12 heteroatoms. The van der Waals surface area contributed by atoms with Crippen LogP contribution in [-0.2, 0) is 10.0 Å². The van der Waals surface area contributed by atoms with Gasteiger partial charge in [0.05, 0.1) is 5.69 Å². The summed E-state index contributed by atoms with van der Waals surface area (Å²) in [7, 11) is -4.94. The second-order valence-electron chi connectivity index (χ2n) is 7.17. The van der Waals surface area contributed by atoms with Gasteiger partial charge in [-0.15, -0.1) is 11.3 Å². The number of aromatic nitrogens is 1. The molecule has 1 fully saturated rings. The van der Waals surface area contributed by atoms with E-state index in [9.17, 15) is 30.4 Å². The molecule has 1 aliphatic heterocycles. The Morgan fingerprint density at radius 1 is 0.906 bits per heavy atom. The van der Waals surface area contributed by atoms with Gasteiger partial charge in [-0.05, 0) is 13.0 Å². The van der Waals surface area contributed by atoms with Crippen LogP contribution in [0.15, 0.2) is 34.5 Å². The number of anilines is 1. The lowest BCUT2D eigenvalue weighted by Crippen LogP contribution is -2.49. The van der Waals surface area contributed by atoms with Crippen molar-refractivity contribution in [1.82, 2.24) is 9.29 Å². The Balaban J connectivity index is 1.53. The molecule has 0 aliphatic carbocycles. The Hall–Kier alpha value is -2.57. The monoisotopic (exact) mass is 489 g/mol. The minimum atomic E-state index is -4.94. The summed E-state index contributed by atoms with van der Waals surface area (Å²) in [5.41, 5.74) is 2.76. The Labute approximate surface area is 184 Å². The molecule has 0 saturated carbocycles. The van der Waals surface area contributed by atoms with E-state index >= 15 is 0 Å². The predicted molar refractivity (Wildman–Crippen MR) is 109 cm³/mol. The van der Waals surface area contributed by atoms with Crippen molar-refractivity contribution in [3.63, 3.8) is 0 Å². The summed E-state index contributed by atoms with van der Waals surface area (Å²) in [5, 5.41) is 2.50. The van der Waals surface area contributed by atoms with Gasteiger partial charge < -0.3 is 4.90 Å². The molecule has 0 radical (unpaired) electrons. The second kappa shape index (κ2) is 8.41. The number of halogens is 5. The van der Waals surface area contributed by atoms with E-state index in [4.69, 9.17) is 0 Å². The van der Waals surface area contributed by atoms with Crippen molar-refractivity contribution in [3.05, 3.63) is 64.3 Å². The van der Waals surface area contributed by atoms with Gasteiger partial charge in [0.25, 0.3) is 0 Å². The fourth-order valence-electron chi connectivity index (χ4n) is 3.41. The average molecular weight is 489 g/mol. The SMILES string of the molecule is Cc1cccc(-c2csc(N3CCN(S(=O)(=O)c4c(F)c(F)c(F)c(F)c4F)CC3)n2)c1. The zero-order valence-electron chi connectivity index (χ0n) is 16.6. The Kier molecular flexibility index (Phi) is 5.94. The lowest BCUT2D eigenvalue weighted by Gasteiger charge is -2.33. The van der Waals surface area contributed by atoms with Gasteiger partial charge in [-0.2, -0.15) is 4.31 Å². The molecule has 170 valence electrons. The number of thiazole rings is 1. The van der Waals surface area contributed by atoms with Gasteiger partial charge >= 0.3 is 0 Å². The zero-order valence-corrected chi connectivity index (χ0v) is 18.2. The molecule has 1 saturated heterocycles. The third-order valence-corrected chi connectivity index (χ3v) is 7.90. The minimum Gasteiger partial charge on any atom is -0.345 e. The van der Waals surface area contributed by atoms with Crippen molar-refractivity contribution < 1.29 is 30.4 Å². The quantitative estimate of drug-likeness (QED) is 0.311. The number of nitrogens with zero attached hydrogens (tertiary/aromatic N) is 3. The fraction of sp³-hybridized carbons (Fsp3) is 0.250. The molecule has 5 nitrogen and oxygen atoms in total. The highest BCUT2D eigenvalue weighted by Crippen LogP contribution is 2.32. The number of aryl methyl sites for hydroxylation is 1. The third kappa shape index (κ3) is 3.86. The molecule has 1 aliphatic rings. The maximum atomic E-state index is 14.0. The van der Waals surface area contributed by atoms with E-state index in [1.807, 2.05) is 36.6 Å². The largest absolute Gasteiger partial charge is 0.345 e. The molecule has 2 heterocycles. The van der Waals surface area contributed by atoms with E-state index in [-0.39, 0.29) is 26.2 Å². The first kappa shape index (κ1) is 22.6. The van der Waals surface area contributed by atoms with Crippen LogP contribution < -0.4 is 4.90 Å². The van der Waals surface area contributed by atoms with E-state index in [2.05, 4.69) is 4.98 Å². The van der Waals surface area contributed by atoms with E-state index < -0.39 is 44.0 Å². The summed E-state index contributed by atoms with van der Waals surface area (Å²) >= 11 is 1.36. The number of sulfonamides is 1. The highest BCUT2D eigenvalue weighted by atomic mass is 32.2. The van der Waals surface area contributed by atoms with Crippen LogP contribution >= 0.6 is 11.3 Å². The molecular weight excluding hydrogens is 473 g/mol. The molecule has 0 atom stereocenters. The Morgan fingerprint density at radius 3 is 2.09 bits per heavy atom. The smallest absolute Gasteiger partial charge is 0.249 e. The fourth-order valence-corrected chi connectivity index (χ4v) is 5.83. The number of piperazine rings is 1. The highest BCUT2D eigenvalue weighted by molar-refractivity contribution is 7.89. The van der Waals surface area contributed by atoms with Crippen LogP contribution in [0.25, 0.3) is 11.3 Å². The Bertz CT molecular complexity index is 1260. The van der Waals surface area contributed by atoms with Crippen LogP contribution in [0.4, 0.5) is 27.1 Å². The summed E-state index contributed by atoms with van der Waals surface area (Å²) < 4.78 is 94.4. The standard InChI is InChI=1S/C20H16F5N3O2S2/c1-11-3-2-4-12(9-11)13-10-31-20(26-13)27-5-7-28(8-6-27)32(29,30)19-17(24)15(22)14(21)16(23)18(19)25/h2-4,9-10H,5-8H2,1H3. The van der Waals surface area contributed by atoms with Crippen LogP contribution in [0.1, 0.15) is 5.56 Å². The number of hydrogen-bond acceptors (Lipinski definition) is 5. The summed E-state index contributed by atoms with van der Waals surface area (Å²) in [5.74, 6) is -11.7. The molecule has 0 amide bonds. The lowest BCUT2D eigenvalue weighted by atomic mass is 10.1. The van der Waals surface area contributed by atoms with Gasteiger partial charge in [0.2, 0.25) is 15.8 Å². The van der Waals surface area contributed by atoms with E-state index in [1.165, 1.54) is 11.3 Å². The van der Waals surface area contributed by atoms with Crippen LogP contribution in [0.2, 0.25) is 0 Å². The summed E-state index contributed by atoms with van der Waals surface area (Å²) in [6.07, 6.45) is 0. The maximum Gasteiger partial charge on any atom is 0.249 e. The van der Waals surface area contributed by atoms with Crippen molar-refractivity contribution in [2.45, 2.75) is 11.8 Å². The van der Waals surface area contributed by atoms with Gasteiger partial charge in [-0.25, -0.2) is 35.4 Å². The number of hydrogen-bond donors (Lipinski definition) is 0. The molecule has 0 unspecified atom stereocenters. The van der Waals surface area contributed by atoms with Crippen molar-refractivity contribution in [3.8, 4) is 11.3 Å². The third-order valence-electron chi connectivity index (χ3n) is 5.08. The molecule has 2 aromatic carbocycles. The van der Waals surface area contributed by atoms with Crippen molar-refractivity contribution in [2.24, 2.45) is 0 Å². The molecule has 0 spiro atoms.